The highest BCUT2D eigenvalue weighted by atomic mass is 33.1. The molecule has 0 bridgehead atoms. The number of carbonyl (C=O) groups excluding carboxylic acids is 2. The number of piperazine rings is 2. The van der Waals surface area contributed by atoms with Crippen LogP contribution in [0.2, 0.25) is 0 Å². The Balaban J connectivity index is 0.815. The quantitative estimate of drug-likeness (QED) is 0.115. The lowest BCUT2D eigenvalue weighted by atomic mass is 10.2. The first-order chi connectivity index (χ1) is 23.6. The topological polar surface area (TPSA) is 71.2 Å². The van der Waals surface area contributed by atoms with Crippen molar-refractivity contribution >= 4 is 67.5 Å². The van der Waals surface area contributed by atoms with Crippen molar-refractivity contribution in [1.29, 1.82) is 0 Å². The van der Waals surface area contributed by atoms with Gasteiger partial charge in [0.15, 0.2) is 0 Å². The summed E-state index contributed by atoms with van der Waals surface area (Å²) in [6.45, 7) is 7.85. The Labute approximate surface area is 292 Å². The molecule has 2 N–H and O–H groups in total. The highest BCUT2D eigenvalue weighted by Gasteiger charge is 2.19. The van der Waals surface area contributed by atoms with Gasteiger partial charge in [0.25, 0.3) is 0 Å². The monoisotopic (exact) mass is 680 g/mol. The summed E-state index contributed by atoms with van der Waals surface area (Å²) in [4.78, 5) is 34.6. The smallest absolute Gasteiger partial charge is 0.225 e. The van der Waals surface area contributed by atoms with E-state index in [0.29, 0.717) is 24.3 Å². The van der Waals surface area contributed by atoms with Crippen molar-refractivity contribution < 1.29 is 9.59 Å². The zero-order chi connectivity index (χ0) is 33.0. The molecule has 8 nitrogen and oxygen atoms in total. The SMILES string of the molecule is O=C(CCSSCCC(=O)Nc1ccc(N2CCN(c3ccccc3)CC2)cc1)Nc1ccc(N2CCN(c3ccccc3)CC2)cc1. The van der Waals surface area contributed by atoms with E-state index in [4.69, 9.17) is 0 Å². The second kappa shape index (κ2) is 17.2. The molecule has 250 valence electrons. The van der Waals surface area contributed by atoms with Crippen LogP contribution in [-0.2, 0) is 9.59 Å². The van der Waals surface area contributed by atoms with Gasteiger partial charge in [0.2, 0.25) is 11.8 Å². The van der Waals surface area contributed by atoms with E-state index in [9.17, 15) is 9.59 Å². The number of rotatable bonds is 13. The van der Waals surface area contributed by atoms with E-state index in [0.717, 1.165) is 63.7 Å². The Morgan fingerprint density at radius 1 is 0.438 bits per heavy atom. The molecule has 10 heteroatoms. The number of nitrogens with one attached hydrogen (secondary N) is 2. The fourth-order valence-corrected chi connectivity index (χ4v) is 8.05. The van der Waals surface area contributed by atoms with E-state index >= 15 is 0 Å². The van der Waals surface area contributed by atoms with Gasteiger partial charge in [0, 0.05) is 111 Å². The molecule has 48 heavy (non-hydrogen) atoms. The molecular formula is C38H44N6O2S2. The average molecular weight is 681 g/mol. The van der Waals surface area contributed by atoms with Gasteiger partial charge in [-0.05, 0) is 72.8 Å². The molecule has 2 aliphatic rings. The maximum absolute atomic E-state index is 12.5. The minimum absolute atomic E-state index is 0.00610. The molecule has 6 rings (SSSR count). The Bertz CT molecular complexity index is 1450. The van der Waals surface area contributed by atoms with Crippen LogP contribution in [0, 0.1) is 0 Å². The number of hydrogen-bond donors (Lipinski definition) is 2. The largest absolute Gasteiger partial charge is 0.368 e. The summed E-state index contributed by atoms with van der Waals surface area (Å²) in [5.74, 6) is 1.41. The summed E-state index contributed by atoms with van der Waals surface area (Å²) >= 11 is 0. The molecule has 2 aliphatic heterocycles. The van der Waals surface area contributed by atoms with Gasteiger partial charge in [-0.2, -0.15) is 0 Å². The predicted molar refractivity (Wildman–Crippen MR) is 206 cm³/mol. The molecule has 2 fully saturated rings. The van der Waals surface area contributed by atoms with Crippen LogP contribution in [0.25, 0.3) is 0 Å². The molecule has 0 saturated carbocycles. The van der Waals surface area contributed by atoms with E-state index in [2.05, 4.69) is 115 Å². The Kier molecular flexibility index (Phi) is 12.1. The molecule has 0 spiro atoms. The van der Waals surface area contributed by atoms with Crippen molar-refractivity contribution in [2.75, 3.05) is 94.1 Å². The van der Waals surface area contributed by atoms with E-state index in [-0.39, 0.29) is 11.8 Å². The van der Waals surface area contributed by atoms with Gasteiger partial charge in [-0.3, -0.25) is 9.59 Å². The molecule has 0 atom stereocenters. The third kappa shape index (κ3) is 9.64. The molecular weight excluding hydrogens is 637 g/mol. The zero-order valence-corrected chi connectivity index (χ0v) is 28.9. The molecule has 0 radical (unpaired) electrons. The van der Waals surface area contributed by atoms with Crippen molar-refractivity contribution in [3.63, 3.8) is 0 Å². The first kappa shape index (κ1) is 33.6. The highest BCUT2D eigenvalue weighted by molar-refractivity contribution is 8.76. The minimum atomic E-state index is 0.00610. The molecule has 0 unspecified atom stereocenters. The van der Waals surface area contributed by atoms with Crippen LogP contribution in [0.5, 0.6) is 0 Å². The number of para-hydroxylation sites is 2. The maximum atomic E-state index is 12.5. The Morgan fingerprint density at radius 3 is 1.04 bits per heavy atom. The van der Waals surface area contributed by atoms with Crippen LogP contribution in [0.1, 0.15) is 12.8 Å². The second-order valence-electron chi connectivity index (χ2n) is 12.0. The number of anilines is 6. The first-order valence-electron chi connectivity index (χ1n) is 16.7. The lowest BCUT2D eigenvalue weighted by molar-refractivity contribution is -0.116. The lowest BCUT2D eigenvalue weighted by Crippen LogP contribution is -2.46. The first-order valence-corrected chi connectivity index (χ1v) is 19.2. The van der Waals surface area contributed by atoms with Crippen LogP contribution < -0.4 is 30.2 Å². The van der Waals surface area contributed by atoms with Gasteiger partial charge in [0.05, 0.1) is 0 Å². The molecule has 0 aliphatic carbocycles. The normalized spacial score (nSPS) is 14.9. The number of carbonyl (C=O) groups is 2. The fraction of sp³-hybridized carbons (Fsp3) is 0.316. The number of benzene rings is 4. The van der Waals surface area contributed by atoms with Gasteiger partial charge in [-0.1, -0.05) is 58.0 Å². The van der Waals surface area contributed by atoms with E-state index in [1.165, 1.54) is 22.7 Å². The number of amides is 2. The van der Waals surface area contributed by atoms with Gasteiger partial charge in [-0.25, -0.2) is 0 Å². The summed E-state index contributed by atoms with van der Waals surface area (Å²) in [6, 6.07) is 37.4. The van der Waals surface area contributed by atoms with Crippen LogP contribution >= 0.6 is 21.6 Å². The molecule has 0 aromatic heterocycles. The van der Waals surface area contributed by atoms with Crippen molar-refractivity contribution in [3.05, 3.63) is 109 Å². The average Bonchev–Trinajstić information content (AvgIpc) is 3.14. The van der Waals surface area contributed by atoms with Gasteiger partial charge in [-0.15, -0.1) is 0 Å². The third-order valence-corrected chi connectivity index (χ3v) is 11.2. The van der Waals surface area contributed by atoms with Gasteiger partial charge >= 0.3 is 0 Å². The maximum Gasteiger partial charge on any atom is 0.225 e. The summed E-state index contributed by atoms with van der Waals surface area (Å²) in [6.07, 6.45) is 0.863. The molecule has 4 aromatic carbocycles. The van der Waals surface area contributed by atoms with E-state index < -0.39 is 0 Å². The number of nitrogens with zero attached hydrogens (tertiary/aromatic N) is 4. The van der Waals surface area contributed by atoms with Gasteiger partial charge in [0.1, 0.15) is 0 Å². The highest BCUT2D eigenvalue weighted by Crippen LogP contribution is 2.26. The predicted octanol–water partition coefficient (Wildman–Crippen LogP) is 7.08. The lowest BCUT2D eigenvalue weighted by Gasteiger charge is -2.37. The Hall–Kier alpha value is -4.28. The fourth-order valence-electron chi connectivity index (χ4n) is 6.07. The summed E-state index contributed by atoms with van der Waals surface area (Å²) < 4.78 is 0. The second-order valence-corrected chi connectivity index (χ2v) is 14.7. The zero-order valence-electron chi connectivity index (χ0n) is 27.3. The molecule has 4 aromatic rings. The van der Waals surface area contributed by atoms with Crippen LogP contribution in [0.3, 0.4) is 0 Å². The molecule has 2 amide bonds. The number of hydrogen-bond acceptors (Lipinski definition) is 8. The Morgan fingerprint density at radius 2 is 0.729 bits per heavy atom. The standard InChI is InChI=1S/C38H44N6O2S2/c45-37(39-31-11-15-35(16-12-31)43-25-21-41(22-26-43)33-7-3-1-4-8-33)19-29-47-48-30-20-38(46)40-32-13-17-36(18-14-32)44-27-23-42(24-28-44)34-9-5-2-6-10-34/h1-18H,19-30H2,(H,39,45)(H,40,46). The summed E-state index contributed by atoms with van der Waals surface area (Å²) in [5, 5.41) is 6.03. The van der Waals surface area contributed by atoms with Crippen LogP contribution in [0.4, 0.5) is 34.1 Å². The van der Waals surface area contributed by atoms with Crippen molar-refractivity contribution in [2.45, 2.75) is 12.8 Å². The minimum Gasteiger partial charge on any atom is -0.368 e. The van der Waals surface area contributed by atoms with Gasteiger partial charge < -0.3 is 30.2 Å². The van der Waals surface area contributed by atoms with Crippen molar-refractivity contribution in [3.8, 4) is 0 Å². The van der Waals surface area contributed by atoms with Crippen molar-refractivity contribution in [1.82, 2.24) is 0 Å². The molecule has 2 heterocycles. The third-order valence-electron chi connectivity index (χ3n) is 8.74. The van der Waals surface area contributed by atoms with E-state index in [1.54, 1.807) is 21.6 Å². The van der Waals surface area contributed by atoms with Crippen molar-refractivity contribution in [2.24, 2.45) is 0 Å². The van der Waals surface area contributed by atoms with Crippen LogP contribution in [-0.4, -0.2) is 75.7 Å². The van der Waals surface area contributed by atoms with E-state index in [1.807, 2.05) is 24.3 Å². The summed E-state index contributed by atoms with van der Waals surface area (Å²) in [5.41, 5.74) is 6.56. The molecule has 2 saturated heterocycles. The summed E-state index contributed by atoms with van der Waals surface area (Å²) in [7, 11) is 3.27. The van der Waals surface area contributed by atoms with Crippen LogP contribution in [0.15, 0.2) is 109 Å².